The summed E-state index contributed by atoms with van der Waals surface area (Å²) in [6, 6.07) is 1.75. The number of nitriles is 1. The van der Waals surface area contributed by atoms with Crippen LogP contribution in [0.25, 0.3) is 0 Å². The van der Waals surface area contributed by atoms with Gasteiger partial charge in [-0.15, -0.1) is 0 Å². The second-order valence-corrected chi connectivity index (χ2v) is 6.64. The van der Waals surface area contributed by atoms with E-state index < -0.39 is 15.3 Å². The summed E-state index contributed by atoms with van der Waals surface area (Å²) in [6.07, 6.45) is 2.82. The van der Waals surface area contributed by atoms with Crippen molar-refractivity contribution < 1.29 is 8.42 Å². The Balaban J connectivity index is 2.86. The van der Waals surface area contributed by atoms with Gasteiger partial charge in [-0.25, -0.2) is 12.7 Å². The maximum atomic E-state index is 12.0. The summed E-state index contributed by atoms with van der Waals surface area (Å²) in [5, 5.41) is 7.72. The molecule has 1 fully saturated rings. The molecule has 5 nitrogen and oxygen atoms in total. The highest BCUT2D eigenvalue weighted by atomic mass is 32.2. The Hall–Kier alpha value is -0.640. The molecule has 1 rings (SSSR count). The van der Waals surface area contributed by atoms with Gasteiger partial charge in [-0.2, -0.15) is 5.26 Å². The third kappa shape index (κ3) is 2.37. The first-order chi connectivity index (χ1) is 7.45. The zero-order chi connectivity index (χ0) is 12.3. The lowest BCUT2D eigenvalue weighted by Crippen LogP contribution is -2.44. The molecule has 16 heavy (non-hydrogen) atoms. The van der Waals surface area contributed by atoms with Crippen molar-refractivity contribution in [3.8, 4) is 6.07 Å². The molecular formula is C10H19N3O2S. The first-order valence-electron chi connectivity index (χ1n) is 5.51. The van der Waals surface area contributed by atoms with E-state index in [-0.39, 0.29) is 12.0 Å². The minimum absolute atomic E-state index is 0.0363. The van der Waals surface area contributed by atoms with Crippen molar-refractivity contribution in [3.63, 3.8) is 0 Å². The monoisotopic (exact) mass is 245 g/mol. The largest absolute Gasteiger partial charge is 0.330 e. The Morgan fingerprint density at radius 3 is 2.69 bits per heavy atom. The first-order valence-corrected chi connectivity index (χ1v) is 7.02. The SMILES string of the molecule is CC(C#N)S(=O)(=O)N(C)C1CCCC1CN. The second kappa shape index (κ2) is 5.13. The maximum Gasteiger partial charge on any atom is 0.230 e. The Morgan fingerprint density at radius 2 is 2.19 bits per heavy atom. The molecule has 6 heteroatoms. The number of hydrogen-bond donors (Lipinski definition) is 1. The molecule has 2 N–H and O–H groups in total. The van der Waals surface area contributed by atoms with Crippen LogP contribution < -0.4 is 5.73 Å². The van der Waals surface area contributed by atoms with Gasteiger partial charge in [0.15, 0.2) is 5.25 Å². The van der Waals surface area contributed by atoms with Crippen LogP contribution in [-0.2, 0) is 10.0 Å². The van der Waals surface area contributed by atoms with Crippen molar-refractivity contribution in [2.75, 3.05) is 13.6 Å². The van der Waals surface area contributed by atoms with Crippen molar-refractivity contribution >= 4 is 10.0 Å². The van der Waals surface area contributed by atoms with E-state index in [1.165, 1.54) is 11.2 Å². The van der Waals surface area contributed by atoms with E-state index >= 15 is 0 Å². The molecule has 1 aliphatic carbocycles. The predicted molar refractivity (Wildman–Crippen MR) is 61.9 cm³/mol. The van der Waals surface area contributed by atoms with Crippen LogP contribution in [0.1, 0.15) is 26.2 Å². The minimum atomic E-state index is -3.50. The molecule has 1 aliphatic rings. The maximum absolute atomic E-state index is 12.0. The third-order valence-electron chi connectivity index (χ3n) is 3.42. The molecule has 3 unspecified atom stereocenters. The van der Waals surface area contributed by atoms with Gasteiger partial charge in [-0.05, 0) is 32.2 Å². The van der Waals surface area contributed by atoms with E-state index in [9.17, 15) is 8.42 Å². The van der Waals surface area contributed by atoms with Gasteiger partial charge in [0.1, 0.15) is 0 Å². The zero-order valence-corrected chi connectivity index (χ0v) is 10.6. The summed E-state index contributed by atoms with van der Waals surface area (Å²) in [6.45, 7) is 1.92. The summed E-state index contributed by atoms with van der Waals surface area (Å²) in [5.74, 6) is 0.227. The van der Waals surface area contributed by atoms with Gasteiger partial charge in [0.25, 0.3) is 0 Å². The molecule has 3 atom stereocenters. The number of nitrogens with zero attached hydrogens (tertiary/aromatic N) is 2. The second-order valence-electron chi connectivity index (χ2n) is 4.33. The number of sulfonamides is 1. The lowest BCUT2D eigenvalue weighted by molar-refractivity contribution is 0.303. The fourth-order valence-electron chi connectivity index (χ4n) is 2.28. The molecule has 0 amide bonds. The quantitative estimate of drug-likeness (QED) is 0.771. The highest BCUT2D eigenvalue weighted by Crippen LogP contribution is 2.30. The van der Waals surface area contributed by atoms with Crippen LogP contribution in [0.3, 0.4) is 0 Å². The van der Waals surface area contributed by atoms with E-state index in [1.54, 1.807) is 13.1 Å². The molecule has 0 saturated heterocycles. The predicted octanol–water partition coefficient (Wildman–Crippen LogP) is 0.287. The van der Waals surface area contributed by atoms with Gasteiger partial charge in [0, 0.05) is 13.1 Å². The van der Waals surface area contributed by atoms with Gasteiger partial charge >= 0.3 is 0 Å². The molecule has 1 saturated carbocycles. The van der Waals surface area contributed by atoms with E-state index in [2.05, 4.69) is 0 Å². The van der Waals surface area contributed by atoms with Gasteiger partial charge in [0.05, 0.1) is 6.07 Å². The smallest absolute Gasteiger partial charge is 0.230 e. The minimum Gasteiger partial charge on any atom is -0.330 e. The summed E-state index contributed by atoms with van der Waals surface area (Å²) >= 11 is 0. The number of hydrogen-bond acceptors (Lipinski definition) is 4. The highest BCUT2D eigenvalue weighted by Gasteiger charge is 2.37. The first kappa shape index (κ1) is 13.4. The van der Waals surface area contributed by atoms with Gasteiger partial charge in [0.2, 0.25) is 10.0 Å². The lowest BCUT2D eigenvalue weighted by Gasteiger charge is -2.29. The Kier molecular flexibility index (Phi) is 4.30. The molecule has 0 aromatic rings. The van der Waals surface area contributed by atoms with Crippen LogP contribution in [0.2, 0.25) is 0 Å². The normalized spacial score (nSPS) is 27.9. The topological polar surface area (TPSA) is 87.2 Å². The molecule has 0 radical (unpaired) electrons. The average molecular weight is 245 g/mol. The fraction of sp³-hybridized carbons (Fsp3) is 0.900. The van der Waals surface area contributed by atoms with E-state index in [0.29, 0.717) is 6.54 Å². The molecule has 0 aliphatic heterocycles. The van der Waals surface area contributed by atoms with Crippen LogP contribution in [0.4, 0.5) is 0 Å². The lowest BCUT2D eigenvalue weighted by atomic mass is 10.0. The van der Waals surface area contributed by atoms with Gasteiger partial charge in [-0.3, -0.25) is 0 Å². The summed E-state index contributed by atoms with van der Waals surface area (Å²) in [7, 11) is -1.94. The summed E-state index contributed by atoms with van der Waals surface area (Å²) < 4.78 is 25.3. The van der Waals surface area contributed by atoms with Gasteiger partial charge < -0.3 is 5.73 Å². The molecule has 0 heterocycles. The molecule has 0 bridgehead atoms. The molecular weight excluding hydrogens is 226 g/mol. The van der Waals surface area contributed by atoms with Crippen LogP contribution >= 0.6 is 0 Å². The molecule has 0 aromatic heterocycles. The van der Waals surface area contributed by atoms with Gasteiger partial charge in [-0.1, -0.05) is 6.42 Å². The van der Waals surface area contributed by atoms with E-state index in [4.69, 9.17) is 11.0 Å². The highest BCUT2D eigenvalue weighted by molar-refractivity contribution is 7.89. The standard InChI is InChI=1S/C10H19N3O2S/c1-8(6-11)16(14,15)13(2)10-5-3-4-9(10)7-12/h8-10H,3-5,7,12H2,1-2H3. The molecule has 92 valence electrons. The van der Waals surface area contributed by atoms with Crippen molar-refractivity contribution in [1.29, 1.82) is 5.26 Å². The third-order valence-corrected chi connectivity index (χ3v) is 5.49. The van der Waals surface area contributed by atoms with E-state index in [1.807, 2.05) is 0 Å². The summed E-state index contributed by atoms with van der Waals surface area (Å²) in [4.78, 5) is 0. The zero-order valence-electron chi connectivity index (χ0n) is 9.76. The van der Waals surface area contributed by atoms with Crippen molar-refractivity contribution in [2.24, 2.45) is 11.7 Å². The number of nitrogens with two attached hydrogens (primary N) is 1. The average Bonchev–Trinajstić information content (AvgIpc) is 2.74. The van der Waals surface area contributed by atoms with Crippen LogP contribution in [-0.4, -0.2) is 37.6 Å². The molecule has 0 aromatic carbocycles. The van der Waals surface area contributed by atoms with Crippen LogP contribution in [0.15, 0.2) is 0 Å². The van der Waals surface area contributed by atoms with E-state index in [0.717, 1.165) is 19.3 Å². The van der Waals surface area contributed by atoms with Crippen molar-refractivity contribution in [2.45, 2.75) is 37.5 Å². The van der Waals surface area contributed by atoms with Crippen molar-refractivity contribution in [3.05, 3.63) is 0 Å². The van der Waals surface area contributed by atoms with Crippen LogP contribution in [0, 0.1) is 17.2 Å². The Bertz CT molecular complexity index is 374. The van der Waals surface area contributed by atoms with Crippen molar-refractivity contribution in [1.82, 2.24) is 4.31 Å². The fourth-order valence-corrected chi connectivity index (χ4v) is 3.56. The Labute approximate surface area is 97.3 Å². The summed E-state index contributed by atoms with van der Waals surface area (Å²) in [5.41, 5.74) is 5.63. The number of rotatable bonds is 4. The van der Waals surface area contributed by atoms with Crippen LogP contribution in [0.5, 0.6) is 0 Å². The molecule has 0 spiro atoms. The Morgan fingerprint density at radius 1 is 1.56 bits per heavy atom.